The SMILES string of the molecule is CC(c1ccncn1)N(C)CC(=O)NC1CCCCCCC1. The van der Waals surface area contributed by atoms with Crippen LogP contribution in [0.1, 0.15) is 63.6 Å². The number of hydrogen-bond acceptors (Lipinski definition) is 4. The number of likely N-dealkylation sites (N-methyl/N-ethyl adjacent to an activating group) is 1. The van der Waals surface area contributed by atoms with Crippen molar-refractivity contribution >= 4 is 5.91 Å². The van der Waals surface area contributed by atoms with E-state index < -0.39 is 0 Å². The van der Waals surface area contributed by atoms with Crippen molar-refractivity contribution in [3.63, 3.8) is 0 Å². The Morgan fingerprint density at radius 3 is 2.64 bits per heavy atom. The van der Waals surface area contributed by atoms with Crippen LogP contribution < -0.4 is 5.32 Å². The Balaban J connectivity index is 1.80. The predicted octanol–water partition coefficient (Wildman–Crippen LogP) is 2.70. The minimum atomic E-state index is 0.103. The first-order valence-corrected chi connectivity index (χ1v) is 8.42. The van der Waals surface area contributed by atoms with E-state index in [2.05, 4.69) is 22.2 Å². The number of nitrogens with one attached hydrogen (secondary N) is 1. The van der Waals surface area contributed by atoms with Crippen LogP contribution in [0.4, 0.5) is 0 Å². The van der Waals surface area contributed by atoms with Crippen molar-refractivity contribution < 1.29 is 4.79 Å². The predicted molar refractivity (Wildman–Crippen MR) is 87.3 cm³/mol. The Bertz CT molecular complexity index is 443. The number of carbonyl (C=O) groups is 1. The normalized spacial score (nSPS) is 18.5. The summed E-state index contributed by atoms with van der Waals surface area (Å²) in [5.41, 5.74) is 0.941. The first-order valence-electron chi connectivity index (χ1n) is 8.42. The van der Waals surface area contributed by atoms with Gasteiger partial charge in [-0.15, -0.1) is 0 Å². The molecular formula is C17H28N4O. The number of carbonyl (C=O) groups excluding carboxylic acids is 1. The molecule has 2 rings (SSSR count). The van der Waals surface area contributed by atoms with Gasteiger partial charge in [-0.25, -0.2) is 9.97 Å². The molecule has 1 aliphatic rings. The van der Waals surface area contributed by atoms with Crippen molar-refractivity contribution in [1.29, 1.82) is 0 Å². The minimum absolute atomic E-state index is 0.103. The highest BCUT2D eigenvalue weighted by Crippen LogP contribution is 2.18. The molecule has 1 fully saturated rings. The third kappa shape index (κ3) is 5.37. The van der Waals surface area contributed by atoms with Gasteiger partial charge in [-0.1, -0.05) is 32.1 Å². The largest absolute Gasteiger partial charge is 0.352 e. The molecule has 1 saturated carbocycles. The van der Waals surface area contributed by atoms with E-state index in [9.17, 15) is 4.79 Å². The minimum Gasteiger partial charge on any atom is -0.352 e. The van der Waals surface area contributed by atoms with Crippen LogP contribution in [-0.4, -0.2) is 40.4 Å². The average molecular weight is 304 g/mol. The van der Waals surface area contributed by atoms with Crippen molar-refractivity contribution in [3.05, 3.63) is 24.3 Å². The summed E-state index contributed by atoms with van der Waals surface area (Å²) in [6.07, 6.45) is 12.0. The summed E-state index contributed by atoms with van der Waals surface area (Å²) in [5.74, 6) is 0.119. The van der Waals surface area contributed by atoms with Gasteiger partial charge in [0.25, 0.3) is 0 Å². The molecule has 1 heterocycles. The zero-order chi connectivity index (χ0) is 15.8. The molecule has 1 unspecified atom stereocenters. The molecule has 22 heavy (non-hydrogen) atoms. The Morgan fingerprint density at radius 2 is 2.00 bits per heavy atom. The maximum Gasteiger partial charge on any atom is 0.234 e. The maximum atomic E-state index is 12.3. The molecule has 1 aromatic heterocycles. The van der Waals surface area contributed by atoms with Crippen molar-refractivity contribution in [1.82, 2.24) is 20.2 Å². The van der Waals surface area contributed by atoms with E-state index in [4.69, 9.17) is 0 Å². The molecular weight excluding hydrogens is 276 g/mol. The number of nitrogens with zero attached hydrogens (tertiary/aromatic N) is 3. The van der Waals surface area contributed by atoms with E-state index in [1.165, 1.54) is 32.1 Å². The van der Waals surface area contributed by atoms with E-state index >= 15 is 0 Å². The van der Waals surface area contributed by atoms with Crippen LogP contribution in [0.2, 0.25) is 0 Å². The third-order valence-electron chi connectivity index (χ3n) is 4.56. The zero-order valence-corrected chi connectivity index (χ0v) is 13.8. The number of rotatable bonds is 5. The Labute approximate surface area is 133 Å². The lowest BCUT2D eigenvalue weighted by molar-refractivity contribution is -0.123. The van der Waals surface area contributed by atoms with Gasteiger partial charge in [-0.3, -0.25) is 9.69 Å². The van der Waals surface area contributed by atoms with E-state index in [1.54, 1.807) is 12.5 Å². The smallest absolute Gasteiger partial charge is 0.234 e. The summed E-state index contributed by atoms with van der Waals surface area (Å²) in [7, 11) is 1.96. The first kappa shape index (κ1) is 16.9. The maximum absolute atomic E-state index is 12.3. The van der Waals surface area contributed by atoms with Crippen LogP contribution in [0, 0.1) is 0 Å². The van der Waals surface area contributed by atoms with E-state index in [0.717, 1.165) is 18.5 Å². The highest BCUT2D eigenvalue weighted by Gasteiger charge is 2.18. The van der Waals surface area contributed by atoms with Gasteiger partial charge < -0.3 is 5.32 Å². The molecule has 1 aromatic rings. The molecule has 1 aliphatic carbocycles. The molecule has 5 nitrogen and oxygen atoms in total. The summed E-state index contributed by atoms with van der Waals surface area (Å²) in [5, 5.41) is 3.21. The lowest BCUT2D eigenvalue weighted by Crippen LogP contribution is -2.42. The topological polar surface area (TPSA) is 58.1 Å². The molecule has 0 aromatic carbocycles. The molecule has 0 spiro atoms. The summed E-state index contributed by atoms with van der Waals surface area (Å²) < 4.78 is 0. The second-order valence-electron chi connectivity index (χ2n) is 6.33. The molecule has 0 saturated heterocycles. The molecule has 5 heteroatoms. The quantitative estimate of drug-likeness (QED) is 0.908. The fourth-order valence-corrected chi connectivity index (χ4v) is 3.01. The second-order valence-corrected chi connectivity index (χ2v) is 6.33. The number of hydrogen-bond donors (Lipinski definition) is 1. The second kappa shape index (κ2) is 8.83. The van der Waals surface area contributed by atoms with Gasteiger partial charge in [-0.05, 0) is 32.9 Å². The molecule has 0 radical (unpaired) electrons. The molecule has 0 bridgehead atoms. The first-order chi connectivity index (χ1) is 10.7. The fraction of sp³-hybridized carbons (Fsp3) is 0.706. The van der Waals surface area contributed by atoms with Gasteiger partial charge >= 0.3 is 0 Å². The van der Waals surface area contributed by atoms with Gasteiger partial charge in [0.05, 0.1) is 12.2 Å². The van der Waals surface area contributed by atoms with Crippen molar-refractivity contribution in [3.8, 4) is 0 Å². The van der Waals surface area contributed by atoms with Crippen LogP contribution in [0.5, 0.6) is 0 Å². The van der Waals surface area contributed by atoms with E-state index in [-0.39, 0.29) is 11.9 Å². The van der Waals surface area contributed by atoms with Crippen molar-refractivity contribution in [2.75, 3.05) is 13.6 Å². The molecule has 1 amide bonds. The molecule has 1 N–H and O–H groups in total. The monoisotopic (exact) mass is 304 g/mol. The van der Waals surface area contributed by atoms with Crippen LogP contribution >= 0.6 is 0 Å². The van der Waals surface area contributed by atoms with Gasteiger partial charge in [0.15, 0.2) is 0 Å². The summed E-state index contributed by atoms with van der Waals surface area (Å²) in [6, 6.07) is 2.36. The van der Waals surface area contributed by atoms with Gasteiger partial charge in [0, 0.05) is 18.3 Å². The van der Waals surface area contributed by atoms with E-state index in [0.29, 0.717) is 12.6 Å². The summed E-state index contributed by atoms with van der Waals surface area (Å²) >= 11 is 0. The van der Waals surface area contributed by atoms with Crippen LogP contribution in [-0.2, 0) is 4.79 Å². The standard InChI is InChI=1S/C17H28N4O/c1-14(16-10-11-18-13-19-16)21(2)12-17(22)20-15-8-6-4-3-5-7-9-15/h10-11,13-15H,3-9,12H2,1-2H3,(H,20,22). The van der Waals surface area contributed by atoms with Crippen LogP contribution in [0.15, 0.2) is 18.6 Å². The highest BCUT2D eigenvalue weighted by atomic mass is 16.2. The van der Waals surface area contributed by atoms with Crippen LogP contribution in [0.25, 0.3) is 0 Å². The summed E-state index contributed by atoms with van der Waals surface area (Å²) in [4.78, 5) is 22.5. The van der Waals surface area contributed by atoms with Crippen molar-refractivity contribution in [2.45, 2.75) is 64.0 Å². The Morgan fingerprint density at radius 1 is 1.32 bits per heavy atom. The lowest BCUT2D eigenvalue weighted by Gasteiger charge is -2.26. The van der Waals surface area contributed by atoms with Crippen molar-refractivity contribution in [2.24, 2.45) is 0 Å². The van der Waals surface area contributed by atoms with Crippen LogP contribution in [0.3, 0.4) is 0 Å². The van der Waals surface area contributed by atoms with Gasteiger partial charge in [0.2, 0.25) is 5.91 Å². The fourth-order valence-electron chi connectivity index (χ4n) is 3.01. The van der Waals surface area contributed by atoms with Gasteiger partial charge in [0.1, 0.15) is 6.33 Å². The Kier molecular flexibility index (Phi) is 6.77. The third-order valence-corrected chi connectivity index (χ3v) is 4.56. The molecule has 1 atom stereocenters. The number of amides is 1. The lowest BCUT2D eigenvalue weighted by atomic mass is 9.97. The summed E-state index contributed by atoms with van der Waals surface area (Å²) in [6.45, 7) is 2.47. The highest BCUT2D eigenvalue weighted by molar-refractivity contribution is 5.78. The van der Waals surface area contributed by atoms with Gasteiger partial charge in [-0.2, -0.15) is 0 Å². The zero-order valence-electron chi connectivity index (χ0n) is 13.8. The number of aromatic nitrogens is 2. The Hall–Kier alpha value is -1.49. The molecule has 122 valence electrons. The average Bonchev–Trinajstić information content (AvgIpc) is 2.50. The molecule has 0 aliphatic heterocycles. The van der Waals surface area contributed by atoms with E-state index in [1.807, 2.05) is 18.0 Å².